The normalized spacial score (nSPS) is 10.2. The van der Waals surface area contributed by atoms with Crippen LogP contribution in [-0.4, -0.2) is 5.33 Å². The molecule has 3 heteroatoms. The Balaban J connectivity index is 2.42. The van der Waals surface area contributed by atoms with Crippen molar-refractivity contribution >= 4 is 38.9 Å². The van der Waals surface area contributed by atoms with Gasteiger partial charge in [0, 0.05) is 5.33 Å². The van der Waals surface area contributed by atoms with Gasteiger partial charge in [-0.05, 0) is 29.9 Å². The fourth-order valence-corrected chi connectivity index (χ4v) is 1.97. The van der Waals surface area contributed by atoms with E-state index in [4.69, 9.17) is 11.6 Å². The summed E-state index contributed by atoms with van der Waals surface area (Å²) in [4.78, 5) is 0. The Hall–Kier alpha value is 0.470. The molecule has 0 bridgehead atoms. The van der Waals surface area contributed by atoms with Gasteiger partial charge in [-0.25, -0.2) is 0 Å². The van der Waals surface area contributed by atoms with Crippen molar-refractivity contribution in [2.24, 2.45) is 0 Å². The predicted molar refractivity (Wildman–Crippen MR) is 51.4 cm³/mol. The maximum atomic E-state index is 5.75. The Morgan fingerprint density at radius 3 is 2.90 bits per heavy atom. The maximum Gasteiger partial charge on any atom is 0.0931 e. The third-order valence-corrected chi connectivity index (χ3v) is 2.92. The first-order chi connectivity index (χ1) is 4.83. The van der Waals surface area contributed by atoms with Crippen LogP contribution in [0.4, 0.5) is 0 Å². The summed E-state index contributed by atoms with van der Waals surface area (Å²) in [6, 6.07) is 2.04. The van der Waals surface area contributed by atoms with E-state index in [-0.39, 0.29) is 0 Å². The highest BCUT2D eigenvalue weighted by atomic mass is 79.9. The number of thiophene rings is 1. The molecule has 0 aliphatic heterocycles. The molecule has 10 heavy (non-hydrogen) atoms. The van der Waals surface area contributed by atoms with Gasteiger partial charge in [0.1, 0.15) is 0 Å². The number of rotatable bonds is 3. The number of halogens is 2. The molecule has 0 N–H and O–H groups in total. The van der Waals surface area contributed by atoms with Crippen LogP contribution in [0.15, 0.2) is 11.4 Å². The lowest BCUT2D eigenvalue weighted by Crippen LogP contribution is -1.80. The Labute approximate surface area is 78.3 Å². The van der Waals surface area contributed by atoms with Crippen LogP contribution < -0.4 is 0 Å². The van der Waals surface area contributed by atoms with Gasteiger partial charge in [-0.2, -0.15) is 0 Å². The molecule has 1 rings (SSSR count). The first kappa shape index (κ1) is 8.57. The molecule has 0 radical (unpaired) electrons. The van der Waals surface area contributed by atoms with E-state index in [2.05, 4.69) is 21.3 Å². The zero-order valence-corrected chi connectivity index (χ0v) is 8.60. The highest BCUT2D eigenvalue weighted by molar-refractivity contribution is 9.09. The molecule has 1 aromatic rings. The molecule has 0 aliphatic carbocycles. The predicted octanol–water partition coefficient (Wildman–Crippen LogP) is 3.73. The fourth-order valence-electron chi connectivity index (χ4n) is 0.748. The summed E-state index contributed by atoms with van der Waals surface area (Å²) in [5.41, 5.74) is 1.36. The number of aryl methyl sites for hydroxylation is 1. The molecular weight excluding hydrogens is 232 g/mol. The average molecular weight is 240 g/mol. The van der Waals surface area contributed by atoms with E-state index in [0.717, 1.165) is 16.1 Å². The van der Waals surface area contributed by atoms with Crippen molar-refractivity contribution < 1.29 is 0 Å². The molecule has 1 heterocycles. The minimum absolute atomic E-state index is 0.893. The minimum Gasteiger partial charge on any atom is -0.132 e. The van der Waals surface area contributed by atoms with Gasteiger partial charge in [0.25, 0.3) is 0 Å². The molecule has 0 aliphatic rings. The Kier molecular flexibility index (Phi) is 3.74. The van der Waals surface area contributed by atoms with Crippen LogP contribution in [0.1, 0.15) is 12.0 Å². The smallest absolute Gasteiger partial charge is 0.0931 e. The SMILES string of the molecule is Clc1cc(CCCBr)cs1. The van der Waals surface area contributed by atoms with Crippen molar-refractivity contribution in [3.63, 3.8) is 0 Å². The quantitative estimate of drug-likeness (QED) is 0.705. The molecule has 0 amide bonds. The van der Waals surface area contributed by atoms with Gasteiger partial charge < -0.3 is 0 Å². The van der Waals surface area contributed by atoms with Crippen LogP contribution in [0.3, 0.4) is 0 Å². The highest BCUT2D eigenvalue weighted by Gasteiger charge is 1.95. The molecule has 0 fully saturated rings. The van der Waals surface area contributed by atoms with Gasteiger partial charge in [-0.3, -0.25) is 0 Å². The van der Waals surface area contributed by atoms with E-state index in [1.54, 1.807) is 11.3 Å². The summed E-state index contributed by atoms with van der Waals surface area (Å²) >= 11 is 10.7. The molecule has 0 nitrogen and oxygen atoms in total. The van der Waals surface area contributed by atoms with Crippen molar-refractivity contribution in [1.29, 1.82) is 0 Å². The van der Waals surface area contributed by atoms with E-state index in [0.29, 0.717) is 0 Å². The molecule has 0 saturated heterocycles. The standard InChI is InChI=1S/C7H8BrClS/c8-3-1-2-6-4-7(9)10-5-6/h4-5H,1-3H2. The molecule has 0 spiro atoms. The van der Waals surface area contributed by atoms with E-state index in [1.807, 2.05) is 6.07 Å². The molecule has 0 saturated carbocycles. The summed E-state index contributed by atoms with van der Waals surface area (Å²) in [5.74, 6) is 0. The van der Waals surface area contributed by atoms with Gasteiger partial charge in [0.2, 0.25) is 0 Å². The lowest BCUT2D eigenvalue weighted by atomic mass is 10.2. The minimum atomic E-state index is 0.893. The zero-order chi connectivity index (χ0) is 7.40. The third-order valence-electron chi connectivity index (χ3n) is 1.22. The lowest BCUT2D eigenvalue weighted by Gasteiger charge is -1.90. The van der Waals surface area contributed by atoms with Gasteiger partial charge in [0.05, 0.1) is 4.34 Å². The van der Waals surface area contributed by atoms with Crippen molar-refractivity contribution in [3.8, 4) is 0 Å². The Morgan fingerprint density at radius 2 is 2.40 bits per heavy atom. The molecule has 0 unspecified atom stereocenters. The van der Waals surface area contributed by atoms with Crippen molar-refractivity contribution in [2.75, 3.05) is 5.33 Å². The Bertz CT molecular complexity index is 197. The van der Waals surface area contributed by atoms with Crippen molar-refractivity contribution in [3.05, 3.63) is 21.3 Å². The van der Waals surface area contributed by atoms with Crippen LogP contribution >= 0.6 is 38.9 Å². The zero-order valence-electron chi connectivity index (χ0n) is 5.44. The first-order valence-corrected chi connectivity index (χ1v) is 5.49. The van der Waals surface area contributed by atoms with Crippen molar-refractivity contribution in [2.45, 2.75) is 12.8 Å². The highest BCUT2D eigenvalue weighted by Crippen LogP contribution is 2.20. The van der Waals surface area contributed by atoms with Crippen LogP contribution in [0.5, 0.6) is 0 Å². The van der Waals surface area contributed by atoms with Crippen LogP contribution in [-0.2, 0) is 6.42 Å². The van der Waals surface area contributed by atoms with Crippen molar-refractivity contribution in [1.82, 2.24) is 0 Å². The van der Waals surface area contributed by atoms with Gasteiger partial charge in [-0.1, -0.05) is 27.5 Å². The topological polar surface area (TPSA) is 0 Å². The summed E-state index contributed by atoms with van der Waals surface area (Å²) in [6.45, 7) is 0. The lowest BCUT2D eigenvalue weighted by molar-refractivity contribution is 0.945. The molecule has 56 valence electrons. The van der Waals surface area contributed by atoms with Gasteiger partial charge >= 0.3 is 0 Å². The van der Waals surface area contributed by atoms with Crippen LogP contribution in [0.2, 0.25) is 4.34 Å². The fraction of sp³-hybridized carbons (Fsp3) is 0.429. The number of hydrogen-bond donors (Lipinski definition) is 0. The summed E-state index contributed by atoms with van der Waals surface area (Å²) in [6.07, 6.45) is 2.32. The van der Waals surface area contributed by atoms with E-state index < -0.39 is 0 Å². The van der Waals surface area contributed by atoms with Gasteiger partial charge in [0.15, 0.2) is 0 Å². The maximum absolute atomic E-state index is 5.75. The van der Waals surface area contributed by atoms with E-state index in [9.17, 15) is 0 Å². The second kappa shape index (κ2) is 4.37. The molecule has 0 atom stereocenters. The summed E-state index contributed by atoms with van der Waals surface area (Å²) in [7, 11) is 0. The Morgan fingerprint density at radius 1 is 1.60 bits per heavy atom. The monoisotopic (exact) mass is 238 g/mol. The largest absolute Gasteiger partial charge is 0.132 e. The second-order valence-corrected chi connectivity index (χ2v) is 4.39. The summed E-state index contributed by atoms with van der Waals surface area (Å²) < 4.78 is 0.893. The third kappa shape index (κ3) is 2.60. The van der Waals surface area contributed by atoms with Crippen LogP contribution in [0.25, 0.3) is 0 Å². The molecule has 0 aromatic carbocycles. The van der Waals surface area contributed by atoms with E-state index in [1.165, 1.54) is 12.0 Å². The molecule has 1 aromatic heterocycles. The van der Waals surface area contributed by atoms with Gasteiger partial charge in [-0.15, -0.1) is 11.3 Å². The number of alkyl halides is 1. The van der Waals surface area contributed by atoms with E-state index >= 15 is 0 Å². The molecular formula is C7H8BrClS. The second-order valence-electron chi connectivity index (χ2n) is 2.05. The number of hydrogen-bond acceptors (Lipinski definition) is 1. The summed E-state index contributed by atoms with van der Waals surface area (Å²) in [5, 5.41) is 3.19. The van der Waals surface area contributed by atoms with Crippen LogP contribution in [0, 0.1) is 0 Å². The average Bonchev–Trinajstić information content (AvgIpc) is 2.31. The first-order valence-electron chi connectivity index (χ1n) is 3.12.